The Hall–Kier alpha value is -1.75. The first-order chi connectivity index (χ1) is 9.03. The number of nitrogen functional groups attached to an aromatic ring is 1. The molecular weight excluding hydrogens is 240 g/mol. The van der Waals surface area contributed by atoms with Crippen LogP contribution in [0.1, 0.15) is 26.7 Å². The maximum atomic E-state index is 6.10. The Bertz CT molecular complexity index is 590. The summed E-state index contributed by atoms with van der Waals surface area (Å²) >= 11 is 0. The summed E-state index contributed by atoms with van der Waals surface area (Å²) in [4.78, 5) is 0. The van der Waals surface area contributed by atoms with Crippen molar-refractivity contribution >= 4 is 22.3 Å². The quantitative estimate of drug-likeness (QED) is 0.725. The lowest BCUT2D eigenvalue weighted by Crippen LogP contribution is -2.40. The molecule has 0 amide bonds. The number of anilines is 2. The zero-order valence-corrected chi connectivity index (χ0v) is 11.4. The Morgan fingerprint density at radius 2 is 2.32 bits per heavy atom. The summed E-state index contributed by atoms with van der Waals surface area (Å²) in [5.74, 6) is 0. The summed E-state index contributed by atoms with van der Waals surface area (Å²) in [6, 6.07) is 4.37. The Morgan fingerprint density at radius 3 is 3.11 bits per heavy atom. The summed E-state index contributed by atoms with van der Waals surface area (Å²) in [6.07, 6.45) is 3.77. The second-order valence-corrected chi connectivity index (χ2v) is 5.84. The Morgan fingerprint density at radius 1 is 1.47 bits per heavy atom. The van der Waals surface area contributed by atoms with Crippen molar-refractivity contribution in [1.82, 2.24) is 10.2 Å². The van der Waals surface area contributed by atoms with Gasteiger partial charge in [-0.1, -0.05) is 0 Å². The molecule has 0 radical (unpaired) electrons. The summed E-state index contributed by atoms with van der Waals surface area (Å²) in [6.45, 7) is 5.04. The Balaban J connectivity index is 1.82. The molecule has 2 heterocycles. The average molecular weight is 260 g/mol. The number of nitrogens with two attached hydrogens (primary N) is 1. The van der Waals surface area contributed by atoms with Gasteiger partial charge in [0.05, 0.1) is 28.7 Å². The van der Waals surface area contributed by atoms with Crippen LogP contribution in [0.3, 0.4) is 0 Å². The fourth-order valence-electron chi connectivity index (χ4n) is 2.71. The number of hydrogen-bond acceptors (Lipinski definition) is 4. The predicted molar refractivity (Wildman–Crippen MR) is 77.2 cm³/mol. The molecule has 1 unspecified atom stereocenters. The molecule has 2 aromatic rings. The van der Waals surface area contributed by atoms with Crippen molar-refractivity contribution in [1.29, 1.82) is 0 Å². The molecule has 1 aliphatic heterocycles. The van der Waals surface area contributed by atoms with Gasteiger partial charge in [-0.15, -0.1) is 0 Å². The van der Waals surface area contributed by atoms with Crippen molar-refractivity contribution in [3.63, 3.8) is 0 Å². The van der Waals surface area contributed by atoms with Crippen molar-refractivity contribution < 1.29 is 4.74 Å². The molecule has 102 valence electrons. The molecule has 0 bridgehead atoms. The lowest BCUT2D eigenvalue weighted by atomic mass is 9.93. The van der Waals surface area contributed by atoms with E-state index in [1.54, 1.807) is 6.20 Å². The first-order valence-corrected chi connectivity index (χ1v) is 6.67. The first kappa shape index (κ1) is 12.3. The molecule has 19 heavy (non-hydrogen) atoms. The smallest absolute Gasteiger partial charge is 0.0672 e. The van der Waals surface area contributed by atoms with Crippen molar-refractivity contribution in [3.8, 4) is 0 Å². The third kappa shape index (κ3) is 2.51. The zero-order valence-electron chi connectivity index (χ0n) is 11.4. The number of fused-ring (bicyclic) bond motifs is 1. The van der Waals surface area contributed by atoms with Crippen LogP contribution in [0.4, 0.5) is 11.4 Å². The van der Waals surface area contributed by atoms with Gasteiger partial charge in [0.25, 0.3) is 0 Å². The summed E-state index contributed by atoms with van der Waals surface area (Å²) in [7, 11) is 0. The topological polar surface area (TPSA) is 76.0 Å². The van der Waals surface area contributed by atoms with Crippen molar-refractivity contribution in [3.05, 3.63) is 18.3 Å². The minimum atomic E-state index is -0.0667. The number of benzene rings is 1. The standard InChI is InChI=1S/C14H20N4O/c1-14(2)7-10(3-4-19-14)17-13-6-12-9(5-11(13)15)8-16-18-12/h5-6,8,10,17H,3-4,7,15H2,1-2H3,(H,16,18). The van der Waals surface area contributed by atoms with E-state index in [2.05, 4.69) is 29.4 Å². The van der Waals surface area contributed by atoms with E-state index in [-0.39, 0.29) is 5.60 Å². The van der Waals surface area contributed by atoms with E-state index in [4.69, 9.17) is 10.5 Å². The first-order valence-electron chi connectivity index (χ1n) is 6.67. The lowest BCUT2D eigenvalue weighted by molar-refractivity contribution is -0.0553. The molecular formula is C14H20N4O. The van der Waals surface area contributed by atoms with Crippen LogP contribution in [0.5, 0.6) is 0 Å². The molecule has 0 aliphatic carbocycles. The minimum absolute atomic E-state index is 0.0667. The largest absolute Gasteiger partial charge is 0.397 e. The maximum Gasteiger partial charge on any atom is 0.0672 e. The summed E-state index contributed by atoms with van der Waals surface area (Å²) < 4.78 is 5.73. The van der Waals surface area contributed by atoms with Crippen LogP contribution in [-0.2, 0) is 4.74 Å². The van der Waals surface area contributed by atoms with Crippen LogP contribution >= 0.6 is 0 Å². The monoisotopic (exact) mass is 260 g/mol. The van der Waals surface area contributed by atoms with E-state index in [1.165, 1.54) is 0 Å². The summed E-state index contributed by atoms with van der Waals surface area (Å²) in [5, 5.41) is 11.6. The van der Waals surface area contributed by atoms with Gasteiger partial charge in [-0.25, -0.2) is 0 Å². The van der Waals surface area contributed by atoms with Crippen LogP contribution in [-0.4, -0.2) is 28.4 Å². The van der Waals surface area contributed by atoms with E-state index >= 15 is 0 Å². The molecule has 1 saturated heterocycles. The van der Waals surface area contributed by atoms with Crippen LogP contribution in [0.25, 0.3) is 10.9 Å². The highest BCUT2D eigenvalue weighted by Gasteiger charge is 2.28. The van der Waals surface area contributed by atoms with E-state index in [1.807, 2.05) is 12.1 Å². The van der Waals surface area contributed by atoms with Crippen LogP contribution in [0.2, 0.25) is 0 Å². The SMILES string of the molecule is CC1(C)CC(Nc2cc3[nH]ncc3cc2N)CCO1. The highest BCUT2D eigenvalue weighted by molar-refractivity contribution is 5.88. The maximum absolute atomic E-state index is 6.10. The van der Waals surface area contributed by atoms with Gasteiger partial charge in [0.2, 0.25) is 0 Å². The van der Waals surface area contributed by atoms with Gasteiger partial charge in [0.1, 0.15) is 0 Å². The predicted octanol–water partition coefficient (Wildman–Crippen LogP) is 2.51. The number of aromatic nitrogens is 2. The second-order valence-electron chi connectivity index (χ2n) is 5.84. The Labute approximate surface area is 112 Å². The molecule has 5 heteroatoms. The highest BCUT2D eigenvalue weighted by atomic mass is 16.5. The average Bonchev–Trinajstić information content (AvgIpc) is 2.75. The van der Waals surface area contributed by atoms with Crippen molar-refractivity contribution in [2.45, 2.75) is 38.3 Å². The molecule has 1 fully saturated rings. The van der Waals surface area contributed by atoms with Gasteiger partial charge in [0.15, 0.2) is 0 Å². The van der Waals surface area contributed by atoms with Gasteiger partial charge in [0, 0.05) is 18.0 Å². The van der Waals surface area contributed by atoms with Gasteiger partial charge in [-0.3, -0.25) is 5.10 Å². The number of ether oxygens (including phenoxy) is 1. The van der Waals surface area contributed by atoms with Crippen molar-refractivity contribution in [2.75, 3.05) is 17.7 Å². The summed E-state index contributed by atoms with van der Waals surface area (Å²) in [5.41, 5.74) is 8.77. The molecule has 4 N–H and O–H groups in total. The van der Waals surface area contributed by atoms with Crippen LogP contribution < -0.4 is 11.1 Å². The number of nitrogens with one attached hydrogen (secondary N) is 2. The van der Waals surface area contributed by atoms with Gasteiger partial charge < -0.3 is 15.8 Å². The molecule has 1 aromatic heterocycles. The second kappa shape index (κ2) is 4.42. The third-order valence-electron chi connectivity index (χ3n) is 3.67. The molecule has 5 nitrogen and oxygen atoms in total. The number of H-pyrrole nitrogens is 1. The zero-order chi connectivity index (χ0) is 13.5. The van der Waals surface area contributed by atoms with Crippen molar-refractivity contribution in [2.24, 2.45) is 0 Å². The third-order valence-corrected chi connectivity index (χ3v) is 3.67. The minimum Gasteiger partial charge on any atom is -0.397 e. The lowest BCUT2D eigenvalue weighted by Gasteiger charge is -2.36. The highest BCUT2D eigenvalue weighted by Crippen LogP contribution is 2.30. The number of nitrogens with zero attached hydrogens (tertiary/aromatic N) is 1. The van der Waals surface area contributed by atoms with Gasteiger partial charge in [-0.05, 0) is 38.8 Å². The van der Waals surface area contributed by atoms with E-state index in [9.17, 15) is 0 Å². The number of aromatic amines is 1. The van der Waals surface area contributed by atoms with Crippen LogP contribution in [0, 0.1) is 0 Å². The van der Waals surface area contributed by atoms with Crippen LogP contribution in [0.15, 0.2) is 18.3 Å². The van der Waals surface area contributed by atoms with E-state index in [0.29, 0.717) is 6.04 Å². The molecule has 1 aliphatic rings. The normalized spacial score (nSPS) is 22.5. The molecule has 0 spiro atoms. The van der Waals surface area contributed by atoms with Gasteiger partial charge >= 0.3 is 0 Å². The fourth-order valence-corrected chi connectivity index (χ4v) is 2.71. The molecule has 1 aromatic carbocycles. The van der Waals surface area contributed by atoms with Gasteiger partial charge in [-0.2, -0.15) is 5.10 Å². The molecule has 1 atom stereocenters. The van der Waals surface area contributed by atoms with E-state index in [0.717, 1.165) is 41.7 Å². The number of rotatable bonds is 2. The molecule has 0 saturated carbocycles. The fraction of sp³-hybridized carbons (Fsp3) is 0.500. The molecule has 3 rings (SSSR count). The Kier molecular flexibility index (Phi) is 2.86. The van der Waals surface area contributed by atoms with E-state index < -0.39 is 0 Å². The number of hydrogen-bond donors (Lipinski definition) is 3.